The van der Waals surface area contributed by atoms with E-state index in [0.717, 1.165) is 12.1 Å². The number of alkyl halides is 3. The number of hydrazone groups is 1. The number of aromatic nitrogens is 1. The van der Waals surface area contributed by atoms with Gasteiger partial charge in [0.05, 0.1) is 18.9 Å². The molecule has 4 amide bonds. The van der Waals surface area contributed by atoms with Gasteiger partial charge in [-0.2, -0.15) is 18.3 Å². The zero-order valence-corrected chi connectivity index (χ0v) is 28.2. The molecule has 0 unspecified atom stereocenters. The Bertz CT molecular complexity index is 1630. The highest BCUT2D eigenvalue weighted by molar-refractivity contribution is 6.14. The number of hydrogen-bond acceptors (Lipinski definition) is 8. The van der Waals surface area contributed by atoms with Crippen LogP contribution in [0.25, 0.3) is 0 Å². The number of alkyl carbamates (subject to hydrolysis) is 1. The van der Waals surface area contributed by atoms with Crippen molar-refractivity contribution in [3.8, 4) is 0 Å². The van der Waals surface area contributed by atoms with Crippen LogP contribution >= 0.6 is 0 Å². The molecular formula is C33H39F5N6O6. The minimum absolute atomic E-state index is 0.0368. The van der Waals surface area contributed by atoms with Gasteiger partial charge < -0.3 is 25.0 Å². The minimum Gasteiger partial charge on any atom is -0.444 e. The van der Waals surface area contributed by atoms with Gasteiger partial charge in [-0.15, -0.1) is 0 Å². The smallest absolute Gasteiger partial charge is 0.408 e. The number of nitrogens with zero attached hydrogens (tertiary/aromatic N) is 4. The highest BCUT2D eigenvalue weighted by Crippen LogP contribution is 2.39. The molecule has 272 valence electrons. The lowest BCUT2D eigenvalue weighted by Crippen LogP contribution is -2.63. The summed E-state index contributed by atoms with van der Waals surface area (Å²) in [6, 6.07) is 6.21. The molecule has 2 aliphatic heterocycles. The van der Waals surface area contributed by atoms with E-state index in [0.29, 0.717) is 16.8 Å². The van der Waals surface area contributed by atoms with E-state index >= 15 is 0 Å². The molecular weight excluding hydrogens is 671 g/mol. The van der Waals surface area contributed by atoms with E-state index in [2.05, 4.69) is 20.7 Å². The molecule has 2 aliphatic rings. The van der Waals surface area contributed by atoms with Gasteiger partial charge in [0.1, 0.15) is 40.8 Å². The first-order chi connectivity index (χ1) is 23.2. The number of amides is 4. The molecule has 12 nitrogen and oxygen atoms in total. The number of pyridine rings is 1. The van der Waals surface area contributed by atoms with Crippen molar-refractivity contribution in [2.45, 2.75) is 77.4 Å². The van der Waals surface area contributed by atoms with Gasteiger partial charge in [0.2, 0.25) is 11.8 Å². The second kappa shape index (κ2) is 14.7. The molecule has 0 spiro atoms. The van der Waals surface area contributed by atoms with E-state index in [-0.39, 0.29) is 30.7 Å². The molecule has 1 aromatic heterocycles. The Morgan fingerprint density at radius 3 is 2.40 bits per heavy atom. The van der Waals surface area contributed by atoms with Crippen LogP contribution in [0.5, 0.6) is 0 Å². The summed E-state index contributed by atoms with van der Waals surface area (Å²) < 4.78 is 78.8. The number of hydrogen-bond donors (Lipinski definition) is 2. The maximum atomic E-state index is 14.3. The molecule has 17 heteroatoms. The van der Waals surface area contributed by atoms with Gasteiger partial charge >= 0.3 is 12.3 Å². The quantitative estimate of drug-likeness (QED) is 0.337. The Balaban J connectivity index is 1.60. The molecule has 2 aromatic rings. The van der Waals surface area contributed by atoms with Crippen LogP contribution in [-0.4, -0.2) is 94.0 Å². The van der Waals surface area contributed by atoms with Gasteiger partial charge in [0.25, 0.3) is 5.91 Å². The largest absolute Gasteiger partial charge is 0.444 e. The second-order valence-corrected chi connectivity index (χ2v) is 13.6. The highest BCUT2D eigenvalue weighted by Gasteiger charge is 2.56. The molecule has 0 bridgehead atoms. The Morgan fingerprint density at radius 2 is 1.78 bits per heavy atom. The van der Waals surface area contributed by atoms with E-state index in [4.69, 9.17) is 9.47 Å². The number of fused-ring (bicyclic) bond motifs is 1. The maximum Gasteiger partial charge on any atom is 0.408 e. The van der Waals surface area contributed by atoms with Gasteiger partial charge in [-0.05, 0) is 52.8 Å². The van der Waals surface area contributed by atoms with Crippen molar-refractivity contribution < 1.29 is 50.6 Å². The zero-order valence-electron chi connectivity index (χ0n) is 28.2. The summed E-state index contributed by atoms with van der Waals surface area (Å²) >= 11 is 0. The third-order valence-corrected chi connectivity index (χ3v) is 7.91. The first kappa shape index (κ1) is 38.1. The van der Waals surface area contributed by atoms with Gasteiger partial charge in [-0.3, -0.25) is 19.4 Å². The lowest BCUT2D eigenvalue weighted by molar-refractivity contribution is -0.164. The molecule has 0 radical (unpaired) electrons. The third-order valence-electron chi connectivity index (χ3n) is 7.91. The topological polar surface area (TPSA) is 143 Å². The van der Waals surface area contributed by atoms with E-state index in [1.807, 2.05) is 0 Å². The number of ether oxygens (including phenoxy) is 2. The summed E-state index contributed by atoms with van der Waals surface area (Å²) in [5.74, 6) is -4.28. The van der Waals surface area contributed by atoms with Crippen molar-refractivity contribution in [2.75, 3.05) is 26.2 Å². The Morgan fingerprint density at radius 1 is 1.06 bits per heavy atom. The number of carbonyl (C=O) groups excluding carboxylic acids is 4. The maximum absolute atomic E-state index is 14.3. The molecule has 1 aromatic carbocycles. The minimum atomic E-state index is -4.74. The van der Waals surface area contributed by atoms with Crippen LogP contribution in [-0.2, 0) is 36.9 Å². The highest BCUT2D eigenvalue weighted by atomic mass is 19.4. The summed E-state index contributed by atoms with van der Waals surface area (Å²) in [5, 5.41) is 9.35. The summed E-state index contributed by atoms with van der Waals surface area (Å²) in [6.45, 7) is 4.55. The Labute approximate surface area is 285 Å². The average molecular weight is 711 g/mol. The summed E-state index contributed by atoms with van der Waals surface area (Å²) in [7, 11) is 0. The van der Waals surface area contributed by atoms with Crippen LogP contribution in [0.4, 0.5) is 26.7 Å². The first-order valence-electron chi connectivity index (χ1n) is 15.7. The molecule has 3 heterocycles. The molecule has 1 saturated heterocycles. The molecule has 50 heavy (non-hydrogen) atoms. The van der Waals surface area contributed by atoms with Crippen LogP contribution in [0.3, 0.4) is 0 Å². The monoisotopic (exact) mass is 710 g/mol. The predicted octanol–water partition coefficient (Wildman–Crippen LogP) is 3.89. The van der Waals surface area contributed by atoms with Gasteiger partial charge in [-0.1, -0.05) is 12.1 Å². The molecule has 4 rings (SSSR count). The standard InChI is InChI=1S/C33H39F5N6O6/c1-30(2,3)50-29(48)41-31(4,5)27(46)40-24(17-49-16-20-9-10-21(34)14-23(20)35)26(45)43-13-11-25-32(18-43,15-22-8-6-7-12-39-22)28(47)44(42-25)19-33(36,37)38/h6-10,12,14,24H,11,13,15-19H2,1-5H3,(H,40,46)(H,41,48)/t24-,32-/m1/s1. The summed E-state index contributed by atoms with van der Waals surface area (Å²) in [5.41, 5.74) is -3.70. The number of likely N-dealkylation sites (tertiary alicyclic amines) is 1. The fraction of sp³-hybridized carbons (Fsp3) is 0.515. The number of benzene rings is 1. The van der Waals surface area contributed by atoms with Gasteiger partial charge in [0, 0.05) is 49.5 Å². The second-order valence-electron chi connectivity index (χ2n) is 13.6. The van der Waals surface area contributed by atoms with Gasteiger partial charge in [0.15, 0.2) is 0 Å². The SMILES string of the molecule is CC(C)(C)OC(=O)NC(C)(C)C(=O)N[C@H](COCc1ccc(F)cc1F)C(=O)N1CCC2=NN(CC(F)(F)F)C(=O)[C@]2(Cc2ccccn2)C1. The van der Waals surface area contributed by atoms with Gasteiger partial charge in [-0.25, -0.2) is 18.6 Å². The number of carbonyl (C=O) groups is 4. The van der Waals surface area contributed by atoms with Crippen molar-refractivity contribution in [1.29, 1.82) is 0 Å². The lowest BCUT2D eigenvalue weighted by atomic mass is 9.74. The van der Waals surface area contributed by atoms with E-state index in [1.165, 1.54) is 24.9 Å². The van der Waals surface area contributed by atoms with Crippen molar-refractivity contribution >= 4 is 29.5 Å². The third kappa shape index (κ3) is 9.52. The first-order valence-corrected chi connectivity index (χ1v) is 15.7. The van der Waals surface area contributed by atoms with Crippen LogP contribution in [0, 0.1) is 17.0 Å². The fourth-order valence-electron chi connectivity index (χ4n) is 5.54. The molecule has 2 N–H and O–H groups in total. The summed E-state index contributed by atoms with van der Waals surface area (Å²) in [4.78, 5) is 59.3. The van der Waals surface area contributed by atoms with E-state index in [9.17, 15) is 41.1 Å². The van der Waals surface area contributed by atoms with Crippen LogP contribution in [0.15, 0.2) is 47.7 Å². The molecule has 1 fully saturated rings. The number of halogens is 5. The van der Waals surface area contributed by atoms with Crippen LogP contribution in [0.1, 0.15) is 52.3 Å². The molecule has 0 aliphatic carbocycles. The molecule has 0 saturated carbocycles. The average Bonchev–Trinajstić information content (AvgIpc) is 3.25. The van der Waals surface area contributed by atoms with Crippen molar-refractivity contribution in [1.82, 2.24) is 25.5 Å². The lowest BCUT2D eigenvalue weighted by Gasteiger charge is -2.40. The zero-order chi connectivity index (χ0) is 37.1. The number of nitrogens with one attached hydrogen (secondary N) is 2. The Kier molecular flexibility index (Phi) is 11.2. The van der Waals surface area contributed by atoms with Crippen molar-refractivity contribution in [2.24, 2.45) is 10.5 Å². The van der Waals surface area contributed by atoms with Crippen molar-refractivity contribution in [3.63, 3.8) is 0 Å². The van der Waals surface area contributed by atoms with Crippen molar-refractivity contribution in [3.05, 3.63) is 65.5 Å². The van der Waals surface area contributed by atoms with E-state index < -0.39 is 90.5 Å². The number of piperidine rings is 1. The predicted molar refractivity (Wildman–Crippen MR) is 168 cm³/mol. The summed E-state index contributed by atoms with van der Waals surface area (Å²) in [6.07, 6.45) is -4.42. The van der Waals surface area contributed by atoms with E-state index in [1.54, 1.807) is 39.0 Å². The Hall–Kier alpha value is -4.67. The van der Waals surface area contributed by atoms with Crippen LogP contribution < -0.4 is 10.6 Å². The fourth-order valence-corrected chi connectivity index (χ4v) is 5.54. The number of rotatable bonds is 11. The van der Waals surface area contributed by atoms with Crippen LogP contribution in [0.2, 0.25) is 0 Å². The molecule has 2 atom stereocenters. The normalized spacial score (nSPS) is 18.7.